The summed E-state index contributed by atoms with van der Waals surface area (Å²) < 4.78 is 26.7. The molecule has 1 aromatic carbocycles. The second-order valence-electron chi connectivity index (χ2n) is 4.37. The lowest BCUT2D eigenvalue weighted by atomic mass is 10.0. The lowest BCUT2D eigenvalue weighted by Gasteiger charge is -2.29. The van der Waals surface area contributed by atoms with E-state index >= 15 is 0 Å². The molecule has 1 aromatic rings. The zero-order valence-corrected chi connectivity index (χ0v) is 11.4. The molecule has 0 aliphatic carbocycles. The molecule has 0 atom stereocenters. The monoisotopic (exact) mass is 273 g/mol. The van der Waals surface area contributed by atoms with Crippen LogP contribution in [0, 0.1) is 6.92 Å². The fourth-order valence-corrected chi connectivity index (χ4v) is 3.10. The molecule has 18 heavy (non-hydrogen) atoms. The normalized spacial score (nSPS) is 12.7. The van der Waals surface area contributed by atoms with Crippen LogP contribution in [0.4, 0.5) is 0 Å². The summed E-state index contributed by atoms with van der Waals surface area (Å²) in [5.41, 5.74) is -0.393. The SMILES string of the molecule is CCC(CO)(CO)NS(=O)(=O)c1cccc(C)c1. The maximum Gasteiger partial charge on any atom is 0.241 e. The first kappa shape index (κ1) is 15.1. The predicted molar refractivity (Wildman–Crippen MR) is 68.7 cm³/mol. The molecule has 0 aromatic heterocycles. The van der Waals surface area contributed by atoms with Crippen LogP contribution >= 0.6 is 0 Å². The van der Waals surface area contributed by atoms with Crippen molar-refractivity contribution in [2.45, 2.75) is 30.7 Å². The molecule has 0 saturated carbocycles. The number of sulfonamides is 1. The van der Waals surface area contributed by atoms with E-state index in [1.807, 2.05) is 0 Å². The zero-order valence-electron chi connectivity index (χ0n) is 10.5. The highest BCUT2D eigenvalue weighted by atomic mass is 32.2. The van der Waals surface area contributed by atoms with Crippen molar-refractivity contribution in [1.82, 2.24) is 4.72 Å². The van der Waals surface area contributed by atoms with Crippen LogP contribution in [0.2, 0.25) is 0 Å². The molecule has 0 fully saturated rings. The number of aliphatic hydroxyl groups excluding tert-OH is 2. The molecule has 0 unspecified atom stereocenters. The topological polar surface area (TPSA) is 86.6 Å². The molecular formula is C12H19NO4S. The molecule has 3 N–H and O–H groups in total. The van der Waals surface area contributed by atoms with E-state index in [0.29, 0.717) is 6.42 Å². The van der Waals surface area contributed by atoms with Gasteiger partial charge in [-0.05, 0) is 31.0 Å². The number of nitrogens with one attached hydrogen (secondary N) is 1. The van der Waals surface area contributed by atoms with Gasteiger partial charge in [0, 0.05) is 0 Å². The second kappa shape index (κ2) is 5.79. The summed E-state index contributed by atoms with van der Waals surface area (Å²) >= 11 is 0. The quantitative estimate of drug-likeness (QED) is 0.700. The molecule has 6 heteroatoms. The van der Waals surface area contributed by atoms with Crippen molar-refractivity contribution in [3.8, 4) is 0 Å². The highest BCUT2D eigenvalue weighted by Gasteiger charge is 2.32. The molecule has 0 aliphatic heterocycles. The van der Waals surface area contributed by atoms with Gasteiger partial charge in [0.15, 0.2) is 0 Å². The van der Waals surface area contributed by atoms with Gasteiger partial charge in [-0.25, -0.2) is 13.1 Å². The van der Waals surface area contributed by atoms with Crippen LogP contribution in [0.25, 0.3) is 0 Å². The van der Waals surface area contributed by atoms with Crippen molar-refractivity contribution >= 4 is 10.0 Å². The Morgan fingerprint density at radius 1 is 1.28 bits per heavy atom. The Morgan fingerprint density at radius 3 is 2.33 bits per heavy atom. The fraction of sp³-hybridized carbons (Fsp3) is 0.500. The zero-order chi connectivity index (χ0) is 13.8. The van der Waals surface area contributed by atoms with Gasteiger partial charge >= 0.3 is 0 Å². The first-order chi connectivity index (χ1) is 8.39. The van der Waals surface area contributed by atoms with Crippen molar-refractivity contribution in [3.05, 3.63) is 29.8 Å². The van der Waals surface area contributed by atoms with Crippen molar-refractivity contribution in [3.63, 3.8) is 0 Å². The smallest absolute Gasteiger partial charge is 0.241 e. The maximum absolute atomic E-state index is 12.1. The lowest BCUT2D eigenvalue weighted by Crippen LogP contribution is -2.53. The number of hydrogen-bond donors (Lipinski definition) is 3. The van der Waals surface area contributed by atoms with Gasteiger partial charge in [0.2, 0.25) is 10.0 Å². The van der Waals surface area contributed by atoms with Gasteiger partial charge in [0.05, 0.1) is 23.6 Å². The molecule has 0 amide bonds. The number of aryl methyl sites for hydroxylation is 1. The van der Waals surface area contributed by atoms with Crippen molar-refractivity contribution < 1.29 is 18.6 Å². The minimum atomic E-state index is -3.75. The minimum absolute atomic E-state index is 0.127. The van der Waals surface area contributed by atoms with E-state index in [1.165, 1.54) is 12.1 Å². The lowest BCUT2D eigenvalue weighted by molar-refractivity contribution is 0.105. The van der Waals surface area contributed by atoms with Crippen LogP contribution in [0.5, 0.6) is 0 Å². The van der Waals surface area contributed by atoms with Gasteiger partial charge in [-0.3, -0.25) is 0 Å². The number of rotatable bonds is 6. The molecule has 0 aliphatic rings. The highest BCUT2D eigenvalue weighted by Crippen LogP contribution is 2.16. The summed E-state index contributed by atoms with van der Waals surface area (Å²) in [6.07, 6.45) is 0.297. The van der Waals surface area contributed by atoms with Crippen LogP contribution < -0.4 is 4.72 Å². The molecule has 0 saturated heterocycles. The van der Waals surface area contributed by atoms with E-state index < -0.39 is 28.8 Å². The van der Waals surface area contributed by atoms with Crippen LogP contribution in [0.3, 0.4) is 0 Å². The van der Waals surface area contributed by atoms with E-state index in [1.54, 1.807) is 26.0 Å². The van der Waals surface area contributed by atoms with E-state index in [9.17, 15) is 18.6 Å². The summed E-state index contributed by atoms with van der Waals surface area (Å²) in [4.78, 5) is 0.127. The third-order valence-electron chi connectivity index (χ3n) is 2.93. The largest absolute Gasteiger partial charge is 0.394 e. The Balaban J connectivity index is 3.08. The van der Waals surface area contributed by atoms with Gasteiger partial charge in [-0.2, -0.15) is 0 Å². The molecule has 0 spiro atoms. The van der Waals surface area contributed by atoms with Crippen LogP contribution in [0.1, 0.15) is 18.9 Å². The average Bonchev–Trinajstić information content (AvgIpc) is 2.36. The van der Waals surface area contributed by atoms with E-state index in [-0.39, 0.29) is 4.90 Å². The number of benzene rings is 1. The van der Waals surface area contributed by atoms with Gasteiger partial charge < -0.3 is 10.2 Å². The first-order valence-electron chi connectivity index (χ1n) is 5.71. The van der Waals surface area contributed by atoms with Crippen LogP contribution in [-0.4, -0.2) is 37.4 Å². The molecule has 0 heterocycles. The Hall–Kier alpha value is -0.950. The van der Waals surface area contributed by atoms with Crippen molar-refractivity contribution in [2.75, 3.05) is 13.2 Å². The summed E-state index contributed by atoms with van der Waals surface area (Å²) in [7, 11) is -3.75. The molecule has 102 valence electrons. The van der Waals surface area contributed by atoms with Crippen molar-refractivity contribution in [1.29, 1.82) is 0 Å². The fourth-order valence-electron chi connectivity index (χ4n) is 1.54. The molecule has 0 radical (unpaired) electrons. The minimum Gasteiger partial charge on any atom is -0.394 e. The maximum atomic E-state index is 12.1. The van der Waals surface area contributed by atoms with E-state index in [4.69, 9.17) is 0 Å². The Morgan fingerprint density at radius 2 is 1.89 bits per heavy atom. The Labute approximate surface area is 108 Å². The molecule has 1 rings (SSSR count). The van der Waals surface area contributed by atoms with E-state index in [0.717, 1.165) is 5.56 Å². The third-order valence-corrected chi connectivity index (χ3v) is 4.51. The van der Waals surface area contributed by atoms with Crippen LogP contribution in [-0.2, 0) is 10.0 Å². The summed E-state index contributed by atoms with van der Waals surface area (Å²) in [6, 6.07) is 6.46. The Kier molecular flexibility index (Phi) is 4.86. The molecule has 5 nitrogen and oxygen atoms in total. The highest BCUT2D eigenvalue weighted by molar-refractivity contribution is 7.89. The summed E-state index contributed by atoms with van der Waals surface area (Å²) in [6.45, 7) is 2.59. The van der Waals surface area contributed by atoms with Gasteiger partial charge in [0.25, 0.3) is 0 Å². The van der Waals surface area contributed by atoms with Crippen molar-refractivity contribution in [2.24, 2.45) is 0 Å². The summed E-state index contributed by atoms with van der Waals surface area (Å²) in [5, 5.41) is 18.5. The standard InChI is InChI=1S/C12H19NO4S/c1-3-12(8-14,9-15)13-18(16,17)11-6-4-5-10(2)7-11/h4-7,13-15H,3,8-9H2,1-2H3. The average molecular weight is 273 g/mol. The Bertz CT molecular complexity index is 486. The van der Waals surface area contributed by atoms with Gasteiger partial charge in [0.1, 0.15) is 0 Å². The second-order valence-corrected chi connectivity index (χ2v) is 6.05. The van der Waals surface area contributed by atoms with Gasteiger partial charge in [-0.1, -0.05) is 19.1 Å². The summed E-state index contributed by atoms with van der Waals surface area (Å²) in [5.74, 6) is 0. The van der Waals surface area contributed by atoms with E-state index in [2.05, 4.69) is 4.72 Å². The number of aliphatic hydroxyl groups is 2. The van der Waals surface area contributed by atoms with Gasteiger partial charge in [-0.15, -0.1) is 0 Å². The molecule has 0 bridgehead atoms. The van der Waals surface area contributed by atoms with Crippen LogP contribution in [0.15, 0.2) is 29.2 Å². The third kappa shape index (κ3) is 3.29. The number of hydrogen-bond acceptors (Lipinski definition) is 4. The first-order valence-corrected chi connectivity index (χ1v) is 7.20. The molecular weight excluding hydrogens is 254 g/mol. The predicted octanol–water partition coefficient (Wildman–Crippen LogP) is 0.407.